The molecule has 2 bridgehead atoms. The summed E-state index contributed by atoms with van der Waals surface area (Å²) < 4.78 is 0. The fourth-order valence-corrected chi connectivity index (χ4v) is 5.41. The minimum Gasteiger partial charge on any atom is -0.117 e. The molecule has 5 atom stereocenters. The normalized spacial score (nSPS) is 41.8. The summed E-state index contributed by atoms with van der Waals surface area (Å²) in [5.41, 5.74) is 4.11. The Morgan fingerprint density at radius 3 is 2.33 bits per heavy atom. The fraction of sp³-hybridized carbons (Fsp3) is 0.647. The maximum absolute atomic E-state index is 6.79. The number of hydrogen-bond acceptors (Lipinski definition) is 0. The Labute approximate surface area is 115 Å². The van der Waals surface area contributed by atoms with Gasteiger partial charge >= 0.3 is 0 Å². The van der Waals surface area contributed by atoms with Crippen molar-refractivity contribution >= 4 is 11.6 Å². The van der Waals surface area contributed by atoms with Gasteiger partial charge in [-0.3, -0.25) is 0 Å². The Kier molecular flexibility index (Phi) is 2.37. The van der Waals surface area contributed by atoms with Crippen LogP contribution in [0.3, 0.4) is 0 Å². The van der Waals surface area contributed by atoms with E-state index in [9.17, 15) is 0 Å². The summed E-state index contributed by atoms with van der Waals surface area (Å²) in [4.78, 5) is 0. The zero-order chi connectivity index (χ0) is 12.4. The number of benzene rings is 1. The highest BCUT2D eigenvalue weighted by Crippen LogP contribution is 2.73. The second-order valence-electron chi connectivity index (χ2n) is 6.81. The molecule has 0 heterocycles. The first-order valence-electron chi connectivity index (χ1n) is 7.38. The van der Waals surface area contributed by atoms with Crippen molar-refractivity contribution in [2.24, 2.45) is 29.6 Å². The van der Waals surface area contributed by atoms with Gasteiger partial charge in [0.1, 0.15) is 0 Å². The number of fused-ring (bicyclic) bond motifs is 5. The van der Waals surface area contributed by atoms with Crippen molar-refractivity contribution in [2.45, 2.75) is 38.5 Å². The van der Waals surface area contributed by atoms with E-state index in [1.165, 1.54) is 36.0 Å². The minimum atomic E-state index is 0.266. The zero-order valence-electron chi connectivity index (χ0n) is 11.2. The van der Waals surface area contributed by atoms with Gasteiger partial charge < -0.3 is 0 Å². The van der Waals surface area contributed by atoms with Crippen LogP contribution in [0.1, 0.15) is 41.3 Å². The molecule has 3 aliphatic rings. The van der Waals surface area contributed by atoms with E-state index >= 15 is 0 Å². The summed E-state index contributed by atoms with van der Waals surface area (Å²) in [6, 6.07) is 6.78. The molecule has 1 aromatic carbocycles. The highest BCUT2D eigenvalue weighted by Gasteiger charge is 2.66. The lowest BCUT2D eigenvalue weighted by atomic mass is 9.95. The third-order valence-corrected chi connectivity index (χ3v) is 6.53. The van der Waals surface area contributed by atoms with E-state index in [-0.39, 0.29) is 5.38 Å². The van der Waals surface area contributed by atoms with Gasteiger partial charge in [0.25, 0.3) is 0 Å². The molecule has 0 N–H and O–H groups in total. The zero-order valence-corrected chi connectivity index (χ0v) is 12.0. The summed E-state index contributed by atoms with van der Waals surface area (Å²) in [6.45, 7) is 4.37. The van der Waals surface area contributed by atoms with Crippen molar-refractivity contribution in [3.63, 3.8) is 0 Å². The van der Waals surface area contributed by atoms with Crippen LogP contribution in [0.2, 0.25) is 0 Å². The first kappa shape index (κ1) is 11.3. The number of rotatable bonds is 2. The maximum Gasteiger partial charge on any atom is 0.0619 e. The third kappa shape index (κ3) is 1.45. The average Bonchev–Trinajstić information content (AvgIpc) is 2.80. The van der Waals surface area contributed by atoms with Crippen molar-refractivity contribution in [1.82, 2.24) is 0 Å². The standard InChI is InChI=1S/C17H21Cl/c1-9-3-4-13(7-10(9)2)17(18)16-14-11-5-6-12(8-11)15(14)16/h3-4,7,11-12,14-17H,5-6,8H2,1-2H3. The largest absolute Gasteiger partial charge is 0.117 e. The predicted octanol–water partition coefficient (Wildman–Crippen LogP) is 4.88. The van der Waals surface area contributed by atoms with Crippen molar-refractivity contribution in [3.05, 3.63) is 34.9 Å². The first-order valence-corrected chi connectivity index (χ1v) is 7.81. The number of alkyl halides is 1. The summed E-state index contributed by atoms with van der Waals surface area (Å²) in [5, 5.41) is 0.266. The SMILES string of the molecule is Cc1ccc(C(Cl)C2C3C4CCC(C4)C32)cc1C. The van der Waals surface area contributed by atoms with Crippen LogP contribution in [0, 0.1) is 43.4 Å². The fourth-order valence-electron chi connectivity index (χ4n) is 4.94. The molecular formula is C17H21Cl. The van der Waals surface area contributed by atoms with Crippen LogP contribution in [0.4, 0.5) is 0 Å². The molecule has 3 fully saturated rings. The molecule has 0 radical (unpaired) electrons. The first-order chi connectivity index (χ1) is 8.66. The van der Waals surface area contributed by atoms with E-state index in [1.54, 1.807) is 0 Å². The average molecular weight is 261 g/mol. The molecular weight excluding hydrogens is 240 g/mol. The smallest absolute Gasteiger partial charge is 0.0619 e. The molecule has 0 aromatic heterocycles. The van der Waals surface area contributed by atoms with E-state index in [0.29, 0.717) is 0 Å². The van der Waals surface area contributed by atoms with Crippen molar-refractivity contribution < 1.29 is 0 Å². The topological polar surface area (TPSA) is 0 Å². The molecule has 18 heavy (non-hydrogen) atoms. The predicted molar refractivity (Wildman–Crippen MR) is 75.8 cm³/mol. The molecule has 3 saturated carbocycles. The Balaban J connectivity index is 1.58. The quantitative estimate of drug-likeness (QED) is 0.665. The Hall–Kier alpha value is -0.490. The highest BCUT2D eigenvalue weighted by atomic mass is 35.5. The lowest BCUT2D eigenvalue weighted by molar-refractivity contribution is 0.455. The third-order valence-electron chi connectivity index (χ3n) is 5.98. The second-order valence-corrected chi connectivity index (χ2v) is 7.28. The van der Waals surface area contributed by atoms with E-state index in [2.05, 4.69) is 32.0 Å². The summed E-state index contributed by atoms with van der Waals surface area (Å²) in [7, 11) is 0. The lowest BCUT2D eigenvalue weighted by Gasteiger charge is -2.15. The van der Waals surface area contributed by atoms with Gasteiger partial charge in [-0.05, 0) is 79.4 Å². The maximum atomic E-state index is 6.79. The van der Waals surface area contributed by atoms with Crippen LogP contribution in [-0.2, 0) is 0 Å². The van der Waals surface area contributed by atoms with Crippen LogP contribution < -0.4 is 0 Å². The molecule has 0 spiro atoms. The summed E-state index contributed by atoms with van der Waals surface area (Å²) in [5.74, 6) is 4.80. The molecule has 4 rings (SSSR count). The molecule has 1 heteroatoms. The van der Waals surface area contributed by atoms with Gasteiger partial charge in [-0.1, -0.05) is 18.2 Å². The van der Waals surface area contributed by atoms with Gasteiger partial charge in [0.2, 0.25) is 0 Å². The van der Waals surface area contributed by atoms with Gasteiger partial charge in [-0.25, -0.2) is 0 Å². The molecule has 0 saturated heterocycles. The number of halogens is 1. The van der Waals surface area contributed by atoms with Gasteiger partial charge in [0.15, 0.2) is 0 Å². The molecule has 5 unspecified atom stereocenters. The highest BCUT2D eigenvalue weighted by molar-refractivity contribution is 6.21. The van der Waals surface area contributed by atoms with Crippen molar-refractivity contribution in [2.75, 3.05) is 0 Å². The Morgan fingerprint density at radius 2 is 1.72 bits per heavy atom. The molecule has 1 aromatic rings. The van der Waals surface area contributed by atoms with Crippen LogP contribution in [0.25, 0.3) is 0 Å². The Bertz CT molecular complexity index is 476. The number of aryl methyl sites for hydroxylation is 2. The van der Waals surface area contributed by atoms with Gasteiger partial charge in [0, 0.05) is 0 Å². The number of hydrogen-bond donors (Lipinski definition) is 0. The lowest BCUT2D eigenvalue weighted by Crippen LogP contribution is -2.04. The van der Waals surface area contributed by atoms with E-state index < -0.39 is 0 Å². The van der Waals surface area contributed by atoms with Crippen LogP contribution in [0.5, 0.6) is 0 Å². The van der Waals surface area contributed by atoms with Crippen LogP contribution >= 0.6 is 11.6 Å². The minimum absolute atomic E-state index is 0.266. The van der Waals surface area contributed by atoms with E-state index in [1.807, 2.05) is 0 Å². The summed E-state index contributed by atoms with van der Waals surface area (Å²) >= 11 is 6.79. The van der Waals surface area contributed by atoms with Gasteiger partial charge in [-0.2, -0.15) is 0 Å². The Morgan fingerprint density at radius 1 is 1.06 bits per heavy atom. The van der Waals surface area contributed by atoms with Crippen LogP contribution in [-0.4, -0.2) is 0 Å². The van der Waals surface area contributed by atoms with E-state index in [0.717, 1.165) is 29.6 Å². The van der Waals surface area contributed by atoms with Gasteiger partial charge in [-0.15, -0.1) is 11.6 Å². The molecule has 0 nitrogen and oxygen atoms in total. The molecule has 0 aliphatic heterocycles. The van der Waals surface area contributed by atoms with Crippen LogP contribution in [0.15, 0.2) is 18.2 Å². The van der Waals surface area contributed by atoms with Crippen molar-refractivity contribution in [1.29, 1.82) is 0 Å². The molecule has 3 aliphatic carbocycles. The monoisotopic (exact) mass is 260 g/mol. The summed E-state index contributed by atoms with van der Waals surface area (Å²) in [6.07, 6.45) is 4.49. The molecule has 96 valence electrons. The van der Waals surface area contributed by atoms with Crippen molar-refractivity contribution in [3.8, 4) is 0 Å². The van der Waals surface area contributed by atoms with Gasteiger partial charge in [0.05, 0.1) is 5.38 Å². The van der Waals surface area contributed by atoms with E-state index in [4.69, 9.17) is 11.6 Å². The second kappa shape index (κ2) is 3.76. The molecule has 0 amide bonds.